The summed E-state index contributed by atoms with van der Waals surface area (Å²) in [5.74, 6) is 1.09. The van der Waals surface area contributed by atoms with Crippen molar-refractivity contribution < 1.29 is 9.32 Å². The molecule has 10 heteroatoms. The van der Waals surface area contributed by atoms with Crippen molar-refractivity contribution in [2.24, 2.45) is 0 Å². The minimum absolute atomic E-state index is 0.0358. The van der Waals surface area contributed by atoms with Gasteiger partial charge in [-0.3, -0.25) is 0 Å². The average molecular weight is 396 g/mol. The van der Waals surface area contributed by atoms with E-state index in [0.29, 0.717) is 34.6 Å². The van der Waals surface area contributed by atoms with Crippen LogP contribution < -0.4 is 15.4 Å². The van der Waals surface area contributed by atoms with Gasteiger partial charge in [0.15, 0.2) is 21.6 Å². The third-order valence-electron chi connectivity index (χ3n) is 3.22. The van der Waals surface area contributed by atoms with Gasteiger partial charge in [-0.25, -0.2) is 8.93 Å². The fourth-order valence-corrected chi connectivity index (χ4v) is 4.50. The molecule has 7 nitrogen and oxygen atoms in total. The van der Waals surface area contributed by atoms with Crippen molar-refractivity contribution in [3.8, 4) is 5.75 Å². The van der Waals surface area contributed by atoms with Gasteiger partial charge in [-0.15, -0.1) is 11.3 Å². The van der Waals surface area contributed by atoms with E-state index in [0.717, 1.165) is 17.3 Å². The fourth-order valence-electron chi connectivity index (χ4n) is 2.05. The zero-order valence-electron chi connectivity index (χ0n) is 13.4. The Morgan fingerprint density at radius 3 is 2.72 bits per heavy atom. The predicted octanol–water partition coefficient (Wildman–Crippen LogP) is 3.29. The summed E-state index contributed by atoms with van der Waals surface area (Å²) in [5.41, 5.74) is 1.59. The van der Waals surface area contributed by atoms with Gasteiger partial charge in [-0.1, -0.05) is 37.3 Å². The van der Waals surface area contributed by atoms with Gasteiger partial charge in [-0.05, 0) is 5.56 Å². The van der Waals surface area contributed by atoms with Gasteiger partial charge in [0.25, 0.3) is 0 Å². The number of aromatic hydroxyl groups is 1. The number of nitrogens with zero attached hydrogens (tertiary/aromatic N) is 2. The molecule has 1 unspecified atom stereocenters. The first-order valence-corrected chi connectivity index (χ1v) is 10.3. The van der Waals surface area contributed by atoms with Crippen molar-refractivity contribution in [2.45, 2.75) is 17.7 Å². The summed E-state index contributed by atoms with van der Waals surface area (Å²) in [6, 6.07) is 9.96. The highest BCUT2D eigenvalue weighted by Gasteiger charge is 2.18. The average Bonchev–Trinajstić information content (AvgIpc) is 3.22. The van der Waals surface area contributed by atoms with E-state index in [2.05, 4.69) is 24.1 Å². The number of rotatable bonds is 8. The smallest absolute Gasteiger partial charge is 0.188 e. The van der Waals surface area contributed by atoms with E-state index in [1.807, 2.05) is 37.3 Å². The standard InChI is InChI=1S/C15H17N5O2S3/c1-2-17-25(22)15-12(21)11(9-23-15)18-14-13(19-24-20-14)16-8-10-6-4-3-5-7-10/h3-7,9,17,21H,2,8H2,1H3,(H,16,19)(H,18,20). The molecule has 3 aromatic rings. The zero-order valence-corrected chi connectivity index (χ0v) is 15.8. The van der Waals surface area contributed by atoms with Crippen LogP contribution in [0.25, 0.3) is 0 Å². The first kappa shape index (κ1) is 17.8. The number of hydrogen-bond donors (Lipinski definition) is 4. The second kappa shape index (κ2) is 8.39. The topological polar surface area (TPSA) is 99.2 Å². The lowest BCUT2D eigenvalue weighted by Crippen LogP contribution is -2.15. The fraction of sp³-hybridized carbons (Fsp3) is 0.200. The lowest BCUT2D eigenvalue weighted by atomic mass is 10.2. The molecule has 0 aliphatic carbocycles. The SMILES string of the molecule is CCNS(=O)c1scc(Nc2nsnc2NCc2ccccc2)c1O. The largest absolute Gasteiger partial charge is 0.504 e. The molecule has 2 heterocycles. The Morgan fingerprint density at radius 1 is 1.20 bits per heavy atom. The molecule has 4 N–H and O–H groups in total. The van der Waals surface area contributed by atoms with E-state index in [1.54, 1.807) is 5.38 Å². The number of benzene rings is 1. The molecule has 1 aromatic carbocycles. The van der Waals surface area contributed by atoms with E-state index >= 15 is 0 Å². The molecular weight excluding hydrogens is 378 g/mol. The Balaban J connectivity index is 1.70. The number of nitrogens with one attached hydrogen (secondary N) is 3. The van der Waals surface area contributed by atoms with Crippen molar-refractivity contribution in [1.29, 1.82) is 0 Å². The van der Waals surface area contributed by atoms with Gasteiger partial charge in [0.1, 0.15) is 11.0 Å². The number of aromatic nitrogens is 2. The Kier molecular flexibility index (Phi) is 5.97. The first-order valence-electron chi connectivity index (χ1n) is 7.52. The highest BCUT2D eigenvalue weighted by molar-refractivity contribution is 7.85. The third kappa shape index (κ3) is 4.34. The van der Waals surface area contributed by atoms with Crippen molar-refractivity contribution in [3.63, 3.8) is 0 Å². The van der Waals surface area contributed by atoms with E-state index in [4.69, 9.17) is 0 Å². The highest BCUT2D eigenvalue weighted by atomic mass is 32.2. The summed E-state index contributed by atoms with van der Waals surface area (Å²) in [7, 11) is -1.43. The molecule has 0 saturated carbocycles. The van der Waals surface area contributed by atoms with Crippen molar-refractivity contribution in [2.75, 3.05) is 17.2 Å². The molecule has 25 heavy (non-hydrogen) atoms. The maximum atomic E-state index is 12.0. The van der Waals surface area contributed by atoms with Crippen LogP contribution in [0, 0.1) is 0 Å². The van der Waals surface area contributed by atoms with Gasteiger partial charge >= 0.3 is 0 Å². The molecule has 0 radical (unpaired) electrons. The first-order chi connectivity index (χ1) is 12.2. The van der Waals surface area contributed by atoms with Crippen molar-refractivity contribution in [1.82, 2.24) is 13.5 Å². The van der Waals surface area contributed by atoms with Crippen LogP contribution in [0.2, 0.25) is 0 Å². The van der Waals surface area contributed by atoms with Crippen molar-refractivity contribution >= 4 is 51.4 Å². The lowest BCUT2D eigenvalue weighted by Gasteiger charge is -2.07. The molecule has 0 bridgehead atoms. The Bertz CT molecular complexity index is 850. The zero-order chi connectivity index (χ0) is 17.6. The number of anilines is 3. The minimum atomic E-state index is -1.43. The van der Waals surface area contributed by atoms with E-state index in [-0.39, 0.29) is 5.75 Å². The van der Waals surface area contributed by atoms with Crippen LogP contribution in [0.4, 0.5) is 17.3 Å². The normalized spacial score (nSPS) is 12.0. The van der Waals surface area contributed by atoms with Crippen LogP contribution in [0.1, 0.15) is 12.5 Å². The highest BCUT2D eigenvalue weighted by Crippen LogP contribution is 2.38. The van der Waals surface area contributed by atoms with Crippen LogP contribution in [0.3, 0.4) is 0 Å². The molecule has 0 spiro atoms. The van der Waals surface area contributed by atoms with E-state index < -0.39 is 11.0 Å². The molecule has 132 valence electrons. The number of thiophene rings is 1. The second-order valence-corrected chi connectivity index (χ2v) is 7.88. The molecule has 0 aliphatic heterocycles. The minimum Gasteiger partial charge on any atom is -0.504 e. The quantitative estimate of drug-likeness (QED) is 0.467. The molecule has 2 aromatic heterocycles. The van der Waals surface area contributed by atoms with Gasteiger partial charge in [-0.2, -0.15) is 8.75 Å². The molecule has 0 saturated heterocycles. The maximum absolute atomic E-state index is 12.0. The van der Waals surface area contributed by atoms with Gasteiger partial charge in [0.2, 0.25) is 0 Å². The van der Waals surface area contributed by atoms with Crippen LogP contribution in [0.15, 0.2) is 39.9 Å². The van der Waals surface area contributed by atoms with Crippen LogP contribution in [-0.4, -0.2) is 24.6 Å². The van der Waals surface area contributed by atoms with E-state index in [1.165, 1.54) is 11.3 Å². The summed E-state index contributed by atoms with van der Waals surface area (Å²) in [6.07, 6.45) is 0. The molecule has 0 amide bonds. The Morgan fingerprint density at radius 2 is 1.96 bits per heavy atom. The molecule has 0 aliphatic rings. The lowest BCUT2D eigenvalue weighted by molar-refractivity contribution is 0.468. The summed E-state index contributed by atoms with van der Waals surface area (Å²) in [6.45, 7) is 3.02. The van der Waals surface area contributed by atoms with Crippen LogP contribution >= 0.6 is 23.1 Å². The predicted molar refractivity (Wildman–Crippen MR) is 103 cm³/mol. The van der Waals surface area contributed by atoms with Crippen LogP contribution in [0.5, 0.6) is 5.75 Å². The molecule has 1 atom stereocenters. The van der Waals surface area contributed by atoms with Gasteiger partial charge in [0.05, 0.1) is 17.4 Å². The van der Waals surface area contributed by atoms with Crippen molar-refractivity contribution in [3.05, 3.63) is 41.3 Å². The Hall–Kier alpha value is -2.01. The maximum Gasteiger partial charge on any atom is 0.188 e. The summed E-state index contributed by atoms with van der Waals surface area (Å²) >= 11 is 2.29. The van der Waals surface area contributed by atoms with E-state index in [9.17, 15) is 9.32 Å². The monoisotopic (exact) mass is 395 g/mol. The van der Waals surface area contributed by atoms with Gasteiger partial charge in [0, 0.05) is 18.5 Å². The van der Waals surface area contributed by atoms with Gasteiger partial charge < -0.3 is 15.7 Å². The molecular formula is C15H17N5O2S3. The Labute approximate surface area is 156 Å². The molecule has 0 fully saturated rings. The second-order valence-electron chi connectivity index (χ2n) is 4.98. The summed E-state index contributed by atoms with van der Waals surface area (Å²) < 4.78 is 23.6. The number of hydrogen-bond acceptors (Lipinski definition) is 8. The summed E-state index contributed by atoms with van der Waals surface area (Å²) in [4.78, 5) is 0. The van der Waals surface area contributed by atoms with Crippen LogP contribution in [-0.2, 0) is 17.5 Å². The summed E-state index contributed by atoms with van der Waals surface area (Å²) in [5, 5.41) is 18.3. The third-order valence-corrected chi connectivity index (χ3v) is 6.33. The molecule has 3 rings (SSSR count).